The van der Waals surface area contributed by atoms with Crippen LogP contribution in [0.2, 0.25) is 0 Å². The fraction of sp³-hybridized carbons (Fsp3) is 0.409. The maximum absolute atomic E-state index is 11.3. The molecule has 0 unspecified atom stereocenters. The van der Waals surface area contributed by atoms with Crippen LogP contribution in [0.15, 0.2) is 36.7 Å². The molecule has 0 radical (unpaired) electrons. The first-order valence-corrected chi connectivity index (χ1v) is 9.96. The van der Waals surface area contributed by atoms with Crippen LogP contribution in [0, 0.1) is 6.92 Å². The summed E-state index contributed by atoms with van der Waals surface area (Å²) in [5, 5.41) is 10.4. The number of carbonyl (C=O) groups is 1. The lowest BCUT2D eigenvalue weighted by atomic mass is 9.80. The van der Waals surface area contributed by atoms with Gasteiger partial charge in [-0.3, -0.25) is 9.69 Å². The first-order valence-electron chi connectivity index (χ1n) is 9.96. The second-order valence-corrected chi connectivity index (χ2v) is 8.22. The fourth-order valence-electron chi connectivity index (χ4n) is 4.86. The molecule has 5 rings (SSSR count). The van der Waals surface area contributed by atoms with Crippen molar-refractivity contribution < 1.29 is 14.6 Å². The molecule has 2 aliphatic rings. The number of nitrogens with zero attached hydrogens (tertiary/aromatic N) is 4. The van der Waals surface area contributed by atoms with E-state index in [2.05, 4.69) is 16.0 Å². The molecule has 1 atom stereocenters. The summed E-state index contributed by atoms with van der Waals surface area (Å²) < 4.78 is 7.74. The molecule has 2 aromatic heterocycles. The van der Waals surface area contributed by atoms with Crippen LogP contribution >= 0.6 is 0 Å². The zero-order valence-electron chi connectivity index (χ0n) is 16.5. The number of aliphatic carboxylic acids is 1. The van der Waals surface area contributed by atoms with Gasteiger partial charge in [-0.1, -0.05) is 18.2 Å². The molecule has 0 amide bonds. The molecule has 150 valence electrons. The number of aryl methyl sites for hydroxylation is 1. The molecule has 0 aliphatic carbocycles. The van der Waals surface area contributed by atoms with Gasteiger partial charge in [0.05, 0.1) is 24.3 Å². The number of rotatable bonds is 4. The van der Waals surface area contributed by atoms with Crippen LogP contribution in [0.25, 0.3) is 10.9 Å². The van der Waals surface area contributed by atoms with Gasteiger partial charge in [-0.05, 0) is 31.5 Å². The van der Waals surface area contributed by atoms with E-state index in [1.807, 2.05) is 42.1 Å². The second-order valence-electron chi connectivity index (χ2n) is 8.22. The Balaban J connectivity index is 1.43. The largest absolute Gasteiger partial charge is 0.480 e. The van der Waals surface area contributed by atoms with Crippen LogP contribution in [0.5, 0.6) is 0 Å². The van der Waals surface area contributed by atoms with Crippen molar-refractivity contribution >= 4 is 16.9 Å². The van der Waals surface area contributed by atoms with Gasteiger partial charge in [0, 0.05) is 41.9 Å². The lowest BCUT2D eigenvalue weighted by Gasteiger charge is -2.34. The van der Waals surface area contributed by atoms with Crippen LogP contribution in [-0.4, -0.2) is 50.2 Å². The molecule has 1 spiro atoms. The van der Waals surface area contributed by atoms with Crippen molar-refractivity contribution in [2.75, 3.05) is 19.7 Å². The molecule has 0 bridgehead atoms. The van der Waals surface area contributed by atoms with Crippen LogP contribution < -0.4 is 0 Å². The predicted octanol–water partition coefficient (Wildman–Crippen LogP) is 2.50. The minimum absolute atomic E-state index is 0.0259. The van der Waals surface area contributed by atoms with E-state index in [-0.39, 0.29) is 12.0 Å². The normalized spacial score (nSPS) is 21.7. The Kier molecular flexibility index (Phi) is 4.37. The summed E-state index contributed by atoms with van der Waals surface area (Å²) >= 11 is 0. The summed E-state index contributed by atoms with van der Waals surface area (Å²) in [5.41, 5.74) is 4.29. The summed E-state index contributed by atoms with van der Waals surface area (Å²) in [6, 6.07) is 8.02. The van der Waals surface area contributed by atoms with Crippen molar-refractivity contribution in [1.29, 1.82) is 0 Å². The topological polar surface area (TPSA) is 80.5 Å². The minimum Gasteiger partial charge on any atom is -0.480 e. The SMILES string of the molecule is Cc1ncc2c(n1)[C@]1(CCN(Cc3cn(CC(=O)O)c4ccccc34)C1)COC2. The second kappa shape index (κ2) is 6.93. The Hall–Kier alpha value is -2.77. The molecule has 7 nitrogen and oxygen atoms in total. The molecular formula is C22H24N4O3. The van der Waals surface area contributed by atoms with Gasteiger partial charge in [0.1, 0.15) is 12.4 Å². The van der Waals surface area contributed by atoms with Crippen molar-refractivity contribution in [3.8, 4) is 0 Å². The molecule has 29 heavy (non-hydrogen) atoms. The highest BCUT2D eigenvalue weighted by atomic mass is 16.5. The number of hydrogen-bond donors (Lipinski definition) is 1. The Labute approximate surface area is 168 Å². The van der Waals surface area contributed by atoms with E-state index >= 15 is 0 Å². The summed E-state index contributed by atoms with van der Waals surface area (Å²) in [5.74, 6) is -0.0244. The smallest absolute Gasteiger partial charge is 0.323 e. The van der Waals surface area contributed by atoms with Gasteiger partial charge in [0.25, 0.3) is 0 Å². The molecule has 1 aromatic carbocycles. The molecular weight excluding hydrogens is 368 g/mol. The molecule has 2 aliphatic heterocycles. The van der Waals surface area contributed by atoms with Crippen molar-refractivity contribution in [2.45, 2.75) is 38.5 Å². The number of likely N-dealkylation sites (tertiary alicyclic amines) is 1. The summed E-state index contributed by atoms with van der Waals surface area (Å²) in [7, 11) is 0. The van der Waals surface area contributed by atoms with Gasteiger partial charge in [-0.2, -0.15) is 0 Å². The van der Waals surface area contributed by atoms with Crippen LogP contribution in [-0.2, 0) is 34.6 Å². The van der Waals surface area contributed by atoms with Crippen LogP contribution in [0.3, 0.4) is 0 Å². The number of benzene rings is 1. The number of hydrogen-bond acceptors (Lipinski definition) is 5. The van der Waals surface area contributed by atoms with Gasteiger partial charge in [0.2, 0.25) is 0 Å². The monoisotopic (exact) mass is 392 g/mol. The first-order chi connectivity index (χ1) is 14.0. The summed E-state index contributed by atoms with van der Waals surface area (Å²) in [6.07, 6.45) is 4.90. The zero-order chi connectivity index (χ0) is 20.0. The third-order valence-electron chi connectivity index (χ3n) is 6.13. The number of fused-ring (bicyclic) bond motifs is 3. The molecule has 1 saturated heterocycles. The Bertz CT molecular complexity index is 1090. The van der Waals surface area contributed by atoms with E-state index in [0.717, 1.165) is 59.6 Å². The van der Waals surface area contributed by atoms with E-state index in [1.54, 1.807) is 0 Å². The number of aromatic nitrogens is 3. The zero-order valence-corrected chi connectivity index (χ0v) is 16.5. The number of ether oxygens (including phenoxy) is 1. The molecule has 0 saturated carbocycles. The number of para-hydroxylation sites is 1. The molecule has 7 heteroatoms. The Morgan fingerprint density at radius 2 is 2.21 bits per heavy atom. The van der Waals surface area contributed by atoms with Crippen molar-refractivity contribution in [2.24, 2.45) is 0 Å². The third-order valence-corrected chi connectivity index (χ3v) is 6.13. The first kappa shape index (κ1) is 18.3. The van der Waals surface area contributed by atoms with Gasteiger partial charge >= 0.3 is 5.97 Å². The van der Waals surface area contributed by atoms with Crippen molar-refractivity contribution in [3.05, 3.63) is 59.3 Å². The van der Waals surface area contributed by atoms with Crippen molar-refractivity contribution in [3.63, 3.8) is 0 Å². The predicted molar refractivity (Wildman–Crippen MR) is 108 cm³/mol. The Morgan fingerprint density at radius 1 is 1.34 bits per heavy atom. The molecule has 1 fully saturated rings. The van der Waals surface area contributed by atoms with Gasteiger partial charge < -0.3 is 14.4 Å². The van der Waals surface area contributed by atoms with Gasteiger partial charge in [-0.25, -0.2) is 9.97 Å². The lowest BCUT2D eigenvalue weighted by Crippen LogP contribution is -2.40. The summed E-state index contributed by atoms with van der Waals surface area (Å²) in [6.45, 7) is 5.82. The van der Waals surface area contributed by atoms with E-state index < -0.39 is 5.97 Å². The molecule has 4 heterocycles. The quantitative estimate of drug-likeness (QED) is 0.735. The maximum atomic E-state index is 11.3. The molecule has 3 aromatic rings. The number of carboxylic acid groups (broad SMARTS) is 1. The highest BCUT2D eigenvalue weighted by Gasteiger charge is 2.44. The van der Waals surface area contributed by atoms with E-state index in [4.69, 9.17) is 9.72 Å². The lowest BCUT2D eigenvalue weighted by molar-refractivity contribution is -0.137. The summed E-state index contributed by atoms with van der Waals surface area (Å²) in [4.78, 5) is 22.8. The highest BCUT2D eigenvalue weighted by Crippen LogP contribution is 2.39. The maximum Gasteiger partial charge on any atom is 0.323 e. The minimum atomic E-state index is -0.830. The number of carboxylic acids is 1. The average Bonchev–Trinajstić information content (AvgIpc) is 3.25. The standard InChI is InChI=1S/C22H24N4O3/c1-15-23-8-16-12-29-14-22(21(16)24-15)6-7-25(13-22)9-17-10-26(11-20(27)28)19-5-3-2-4-18(17)19/h2-5,8,10H,6-7,9,11-14H2,1H3,(H,27,28)/t22-/m0/s1. The van der Waals surface area contributed by atoms with Crippen LogP contribution in [0.1, 0.15) is 29.1 Å². The van der Waals surface area contributed by atoms with Gasteiger partial charge in [-0.15, -0.1) is 0 Å². The van der Waals surface area contributed by atoms with Crippen molar-refractivity contribution in [1.82, 2.24) is 19.4 Å². The third kappa shape index (κ3) is 3.20. The van der Waals surface area contributed by atoms with Crippen LogP contribution in [0.4, 0.5) is 0 Å². The fourth-order valence-corrected chi connectivity index (χ4v) is 4.86. The van der Waals surface area contributed by atoms with E-state index in [1.165, 1.54) is 0 Å². The highest BCUT2D eigenvalue weighted by molar-refractivity contribution is 5.85. The van der Waals surface area contributed by atoms with E-state index in [9.17, 15) is 9.90 Å². The Morgan fingerprint density at radius 3 is 3.07 bits per heavy atom. The van der Waals surface area contributed by atoms with Gasteiger partial charge in [0.15, 0.2) is 0 Å². The molecule has 1 N–H and O–H groups in total. The average molecular weight is 392 g/mol. The van der Waals surface area contributed by atoms with E-state index in [0.29, 0.717) is 13.2 Å².